The Balaban J connectivity index is 2.60. The Hall–Kier alpha value is -2.37. The van der Waals surface area contributed by atoms with Crippen LogP contribution in [0.25, 0.3) is 11.3 Å². The monoisotopic (exact) mass is 234 g/mol. The first kappa shape index (κ1) is 11.1. The van der Waals surface area contributed by atoms with Crippen LogP contribution in [0.5, 0.6) is 11.5 Å². The molecule has 0 amide bonds. The third-order valence-electron chi connectivity index (χ3n) is 2.49. The molecular formula is C11H14N4O2. The fourth-order valence-corrected chi connectivity index (χ4v) is 1.58. The smallest absolute Gasteiger partial charge is 0.150 e. The van der Waals surface area contributed by atoms with Gasteiger partial charge in [-0.05, 0) is 18.2 Å². The lowest BCUT2D eigenvalue weighted by Gasteiger charge is -2.09. The van der Waals surface area contributed by atoms with Gasteiger partial charge in [0.15, 0.2) is 5.82 Å². The predicted octanol–water partition coefficient (Wildman–Crippen LogP) is 0.863. The molecule has 0 aliphatic carbocycles. The van der Waals surface area contributed by atoms with Gasteiger partial charge in [-0.15, -0.1) is 0 Å². The third-order valence-corrected chi connectivity index (χ3v) is 2.49. The van der Waals surface area contributed by atoms with Crippen molar-refractivity contribution >= 4 is 5.82 Å². The van der Waals surface area contributed by atoms with Crippen LogP contribution in [0.3, 0.4) is 0 Å². The number of hydrogen-bond donors (Lipinski definition) is 2. The molecule has 0 aliphatic rings. The Morgan fingerprint density at radius 3 is 2.53 bits per heavy atom. The van der Waals surface area contributed by atoms with E-state index < -0.39 is 0 Å². The molecule has 0 saturated carbocycles. The molecule has 0 radical (unpaired) electrons. The lowest BCUT2D eigenvalue weighted by molar-refractivity contribution is 0.404. The fourth-order valence-electron chi connectivity index (χ4n) is 1.58. The summed E-state index contributed by atoms with van der Waals surface area (Å²) in [6, 6.07) is 5.40. The highest BCUT2D eigenvalue weighted by Gasteiger charge is 2.14. The molecule has 1 aromatic carbocycles. The second-order valence-electron chi connectivity index (χ2n) is 3.45. The van der Waals surface area contributed by atoms with Gasteiger partial charge in [-0.25, -0.2) is 9.66 Å². The number of methoxy groups -OCH3 is 2. The Morgan fingerprint density at radius 1 is 1.24 bits per heavy atom. The largest absolute Gasteiger partial charge is 0.497 e. The number of benzene rings is 1. The summed E-state index contributed by atoms with van der Waals surface area (Å²) in [7, 11) is 3.18. The van der Waals surface area contributed by atoms with Gasteiger partial charge >= 0.3 is 0 Å². The summed E-state index contributed by atoms with van der Waals surface area (Å²) in [4.78, 5) is 4.15. The lowest BCUT2D eigenvalue weighted by atomic mass is 10.1. The van der Waals surface area contributed by atoms with Gasteiger partial charge in [0.1, 0.15) is 23.5 Å². The van der Waals surface area contributed by atoms with Crippen LogP contribution in [-0.2, 0) is 0 Å². The Kier molecular flexibility index (Phi) is 2.78. The molecule has 6 heteroatoms. The van der Waals surface area contributed by atoms with Crippen molar-refractivity contribution in [2.24, 2.45) is 0 Å². The van der Waals surface area contributed by atoms with Gasteiger partial charge < -0.3 is 21.1 Å². The van der Waals surface area contributed by atoms with Gasteiger partial charge in [0.05, 0.1) is 14.2 Å². The van der Waals surface area contributed by atoms with E-state index in [1.165, 1.54) is 11.0 Å². The maximum absolute atomic E-state index is 5.83. The molecule has 0 spiro atoms. The van der Waals surface area contributed by atoms with Crippen molar-refractivity contribution in [1.82, 2.24) is 9.66 Å². The summed E-state index contributed by atoms with van der Waals surface area (Å²) in [5.41, 5.74) is 7.15. The number of nitrogens with zero attached hydrogens (tertiary/aromatic N) is 2. The van der Waals surface area contributed by atoms with Crippen LogP contribution < -0.4 is 21.1 Å². The molecule has 0 bridgehead atoms. The summed E-state index contributed by atoms with van der Waals surface area (Å²) in [6.45, 7) is 0. The van der Waals surface area contributed by atoms with Gasteiger partial charge in [-0.1, -0.05) is 0 Å². The van der Waals surface area contributed by atoms with Crippen LogP contribution >= 0.6 is 0 Å². The van der Waals surface area contributed by atoms with Crippen molar-refractivity contribution in [3.63, 3.8) is 0 Å². The number of nitrogen functional groups attached to an aromatic ring is 2. The van der Waals surface area contributed by atoms with Crippen LogP contribution in [0, 0.1) is 0 Å². The van der Waals surface area contributed by atoms with E-state index >= 15 is 0 Å². The summed E-state index contributed by atoms with van der Waals surface area (Å²) >= 11 is 0. The molecular weight excluding hydrogens is 220 g/mol. The maximum atomic E-state index is 5.83. The van der Waals surface area contributed by atoms with Crippen LogP contribution in [0.4, 0.5) is 5.82 Å². The van der Waals surface area contributed by atoms with E-state index in [-0.39, 0.29) is 0 Å². The number of aromatic nitrogens is 2. The van der Waals surface area contributed by atoms with E-state index in [0.717, 1.165) is 5.56 Å². The number of nitrogens with two attached hydrogens (primary N) is 2. The van der Waals surface area contributed by atoms with E-state index in [2.05, 4.69) is 4.98 Å². The second kappa shape index (κ2) is 4.25. The van der Waals surface area contributed by atoms with Gasteiger partial charge in [0, 0.05) is 5.56 Å². The standard InChI is InChI=1S/C11H14N4O2/c1-16-7-3-4-9(17-2)8(5-7)10-11(12)15(13)6-14-10/h3-6H,12-13H2,1-2H3. The minimum absolute atomic E-state index is 0.372. The molecule has 2 rings (SSSR count). The average molecular weight is 234 g/mol. The lowest BCUT2D eigenvalue weighted by Crippen LogP contribution is -2.10. The summed E-state index contributed by atoms with van der Waals surface area (Å²) in [5, 5.41) is 0. The Labute approximate surface area is 98.7 Å². The first-order valence-corrected chi connectivity index (χ1v) is 4.97. The number of ether oxygens (including phenoxy) is 2. The van der Waals surface area contributed by atoms with E-state index in [4.69, 9.17) is 21.1 Å². The number of rotatable bonds is 3. The molecule has 1 aromatic heterocycles. The zero-order chi connectivity index (χ0) is 12.4. The van der Waals surface area contributed by atoms with Crippen LogP contribution in [0.2, 0.25) is 0 Å². The van der Waals surface area contributed by atoms with E-state index in [0.29, 0.717) is 23.0 Å². The summed E-state index contributed by atoms with van der Waals surface area (Å²) in [5.74, 6) is 7.33. The van der Waals surface area contributed by atoms with Crippen molar-refractivity contribution in [1.29, 1.82) is 0 Å². The van der Waals surface area contributed by atoms with Crippen LogP contribution in [0.15, 0.2) is 24.5 Å². The van der Waals surface area contributed by atoms with Gasteiger partial charge in [-0.3, -0.25) is 0 Å². The fraction of sp³-hybridized carbons (Fsp3) is 0.182. The van der Waals surface area contributed by atoms with Crippen molar-refractivity contribution < 1.29 is 9.47 Å². The van der Waals surface area contributed by atoms with E-state index in [1.807, 2.05) is 0 Å². The number of hydrogen-bond acceptors (Lipinski definition) is 5. The van der Waals surface area contributed by atoms with Crippen molar-refractivity contribution in [3.05, 3.63) is 24.5 Å². The molecule has 0 saturated heterocycles. The molecule has 1 heterocycles. The normalized spacial score (nSPS) is 10.2. The van der Waals surface area contributed by atoms with Crippen molar-refractivity contribution in [2.45, 2.75) is 0 Å². The van der Waals surface area contributed by atoms with Crippen molar-refractivity contribution in [2.75, 3.05) is 25.8 Å². The highest BCUT2D eigenvalue weighted by Crippen LogP contribution is 2.34. The second-order valence-corrected chi connectivity index (χ2v) is 3.45. The SMILES string of the molecule is COc1ccc(OC)c(-c2ncn(N)c2N)c1. The summed E-state index contributed by atoms with van der Waals surface area (Å²) in [6.07, 6.45) is 1.45. The Bertz CT molecular complexity index is 536. The average Bonchev–Trinajstić information content (AvgIpc) is 2.69. The molecule has 6 nitrogen and oxygen atoms in total. The van der Waals surface area contributed by atoms with Gasteiger partial charge in [0.25, 0.3) is 0 Å². The van der Waals surface area contributed by atoms with Crippen LogP contribution in [0.1, 0.15) is 0 Å². The molecule has 0 aliphatic heterocycles. The first-order chi connectivity index (χ1) is 8.17. The Morgan fingerprint density at radius 2 is 2.00 bits per heavy atom. The molecule has 4 N–H and O–H groups in total. The molecule has 0 atom stereocenters. The molecule has 0 fully saturated rings. The van der Waals surface area contributed by atoms with Crippen LogP contribution in [-0.4, -0.2) is 23.9 Å². The third kappa shape index (κ3) is 1.84. The quantitative estimate of drug-likeness (QED) is 0.769. The minimum atomic E-state index is 0.372. The minimum Gasteiger partial charge on any atom is -0.497 e. The van der Waals surface area contributed by atoms with Gasteiger partial charge in [0.2, 0.25) is 0 Å². The number of imidazole rings is 1. The molecule has 17 heavy (non-hydrogen) atoms. The van der Waals surface area contributed by atoms with E-state index in [9.17, 15) is 0 Å². The zero-order valence-electron chi connectivity index (χ0n) is 9.68. The summed E-state index contributed by atoms with van der Waals surface area (Å²) < 4.78 is 11.7. The predicted molar refractivity (Wildman–Crippen MR) is 65.3 cm³/mol. The molecule has 0 unspecified atom stereocenters. The maximum Gasteiger partial charge on any atom is 0.150 e. The highest BCUT2D eigenvalue weighted by molar-refractivity contribution is 5.76. The zero-order valence-corrected chi connectivity index (χ0v) is 9.68. The van der Waals surface area contributed by atoms with Gasteiger partial charge in [-0.2, -0.15) is 0 Å². The van der Waals surface area contributed by atoms with E-state index in [1.54, 1.807) is 32.4 Å². The topological polar surface area (TPSA) is 88.3 Å². The highest BCUT2D eigenvalue weighted by atomic mass is 16.5. The molecule has 2 aromatic rings. The molecule has 90 valence electrons. The first-order valence-electron chi connectivity index (χ1n) is 4.97. The number of anilines is 1. The van der Waals surface area contributed by atoms with Crippen molar-refractivity contribution in [3.8, 4) is 22.8 Å².